The van der Waals surface area contributed by atoms with Crippen LogP contribution in [-0.2, 0) is 9.53 Å². The van der Waals surface area contributed by atoms with E-state index in [4.69, 9.17) is 10.5 Å². The largest absolute Gasteiger partial charge is 0.383 e. The van der Waals surface area contributed by atoms with Gasteiger partial charge in [0.15, 0.2) is 0 Å². The fourth-order valence-corrected chi connectivity index (χ4v) is 3.67. The monoisotopic (exact) mass is 401 g/mol. The van der Waals surface area contributed by atoms with Crippen LogP contribution in [0.2, 0.25) is 0 Å². The molecule has 1 aliphatic rings. The molecule has 2 rings (SSSR count). The summed E-state index contributed by atoms with van der Waals surface area (Å²) < 4.78 is 4.90. The van der Waals surface area contributed by atoms with Gasteiger partial charge in [0.25, 0.3) is 5.91 Å². The van der Waals surface area contributed by atoms with Gasteiger partial charge in [0.2, 0.25) is 5.91 Å². The van der Waals surface area contributed by atoms with E-state index in [1.165, 1.54) is 11.8 Å². The number of carbonyl (C=O) groups is 2. The van der Waals surface area contributed by atoms with Gasteiger partial charge in [-0.2, -0.15) is 0 Å². The van der Waals surface area contributed by atoms with Gasteiger partial charge in [0.05, 0.1) is 17.9 Å². The first kappa shape index (κ1) is 22.8. The molecule has 146 valence electrons. The number of carbonyl (C=O) groups excluding carboxylic acids is 2. The Morgan fingerprint density at radius 2 is 1.92 bits per heavy atom. The Morgan fingerprint density at radius 3 is 2.62 bits per heavy atom. The summed E-state index contributed by atoms with van der Waals surface area (Å²) in [5.74, 6) is 0.119. The fraction of sp³-hybridized carbons (Fsp3) is 0.556. The van der Waals surface area contributed by atoms with E-state index < -0.39 is 0 Å². The molecule has 0 unspecified atom stereocenters. The topological polar surface area (TPSA) is 93.4 Å². The SMILES string of the molecule is COCCNC(=O)CSc1ccccc1C(=O)NC1CCC(N)CC1.Cl. The van der Waals surface area contributed by atoms with Gasteiger partial charge >= 0.3 is 0 Å². The Balaban J connectivity index is 0.00000338. The van der Waals surface area contributed by atoms with Crippen molar-refractivity contribution in [2.75, 3.05) is 26.0 Å². The number of benzene rings is 1. The molecule has 0 bridgehead atoms. The van der Waals surface area contributed by atoms with E-state index in [0.717, 1.165) is 30.6 Å². The number of thioether (sulfide) groups is 1. The van der Waals surface area contributed by atoms with Crippen molar-refractivity contribution in [1.82, 2.24) is 10.6 Å². The van der Waals surface area contributed by atoms with Gasteiger partial charge in [-0.25, -0.2) is 0 Å². The highest BCUT2D eigenvalue weighted by molar-refractivity contribution is 8.00. The Bertz CT molecular complexity index is 581. The Hall–Kier alpha value is -1.28. The van der Waals surface area contributed by atoms with E-state index in [2.05, 4.69) is 10.6 Å². The van der Waals surface area contributed by atoms with Crippen LogP contribution in [0.25, 0.3) is 0 Å². The van der Waals surface area contributed by atoms with E-state index in [1.54, 1.807) is 13.2 Å². The quantitative estimate of drug-likeness (QED) is 0.457. The van der Waals surface area contributed by atoms with Gasteiger partial charge < -0.3 is 21.1 Å². The van der Waals surface area contributed by atoms with Crippen molar-refractivity contribution in [3.8, 4) is 0 Å². The van der Waals surface area contributed by atoms with Gasteiger partial charge in [-0.1, -0.05) is 12.1 Å². The zero-order chi connectivity index (χ0) is 18.1. The molecule has 26 heavy (non-hydrogen) atoms. The van der Waals surface area contributed by atoms with Crippen molar-refractivity contribution in [2.45, 2.75) is 42.7 Å². The third kappa shape index (κ3) is 7.53. The molecule has 6 nitrogen and oxygen atoms in total. The molecule has 0 atom stereocenters. The van der Waals surface area contributed by atoms with Gasteiger partial charge in [0, 0.05) is 30.6 Å². The number of nitrogens with two attached hydrogens (primary N) is 1. The van der Waals surface area contributed by atoms with Crippen LogP contribution in [0.5, 0.6) is 0 Å². The average Bonchev–Trinajstić information content (AvgIpc) is 2.62. The van der Waals surface area contributed by atoms with Gasteiger partial charge in [-0.15, -0.1) is 24.2 Å². The molecule has 1 aromatic carbocycles. The summed E-state index contributed by atoms with van der Waals surface area (Å²) in [4.78, 5) is 25.2. The van der Waals surface area contributed by atoms with Crippen LogP contribution in [0.1, 0.15) is 36.0 Å². The predicted octanol–water partition coefficient (Wildman–Crippen LogP) is 1.96. The molecule has 1 saturated carbocycles. The second-order valence-corrected chi connectivity index (χ2v) is 7.23. The summed E-state index contributed by atoms with van der Waals surface area (Å²) in [7, 11) is 1.59. The van der Waals surface area contributed by atoms with E-state index in [0.29, 0.717) is 18.7 Å². The number of hydrogen-bond acceptors (Lipinski definition) is 5. The molecule has 1 aliphatic carbocycles. The van der Waals surface area contributed by atoms with Crippen LogP contribution in [0.15, 0.2) is 29.2 Å². The first-order chi connectivity index (χ1) is 12.1. The second kappa shape index (κ2) is 12.2. The normalized spacial score (nSPS) is 19.3. The summed E-state index contributed by atoms with van der Waals surface area (Å²) in [6.45, 7) is 0.974. The first-order valence-electron chi connectivity index (χ1n) is 8.64. The van der Waals surface area contributed by atoms with Gasteiger partial charge in [0.1, 0.15) is 0 Å². The maximum Gasteiger partial charge on any atom is 0.252 e. The van der Waals surface area contributed by atoms with Crippen molar-refractivity contribution in [3.63, 3.8) is 0 Å². The predicted molar refractivity (Wildman–Crippen MR) is 107 cm³/mol. The molecule has 1 fully saturated rings. The fourth-order valence-electron chi connectivity index (χ4n) is 2.79. The molecule has 0 radical (unpaired) electrons. The molecule has 1 aromatic rings. The third-order valence-electron chi connectivity index (χ3n) is 4.23. The zero-order valence-corrected chi connectivity index (χ0v) is 16.7. The number of nitrogens with one attached hydrogen (secondary N) is 2. The van der Waals surface area contributed by atoms with Gasteiger partial charge in [-0.05, 0) is 37.8 Å². The Labute approximate surface area is 165 Å². The molecule has 2 amide bonds. The molecule has 0 saturated heterocycles. The van der Waals surface area contributed by atoms with Crippen LogP contribution >= 0.6 is 24.2 Å². The molecule has 8 heteroatoms. The van der Waals surface area contributed by atoms with Crippen LogP contribution in [0, 0.1) is 0 Å². The smallest absolute Gasteiger partial charge is 0.252 e. The van der Waals surface area contributed by atoms with E-state index in [-0.39, 0.29) is 42.1 Å². The lowest BCUT2D eigenvalue weighted by Crippen LogP contribution is -2.40. The van der Waals surface area contributed by atoms with Crippen molar-refractivity contribution >= 4 is 36.0 Å². The van der Waals surface area contributed by atoms with Crippen molar-refractivity contribution < 1.29 is 14.3 Å². The molecule has 0 spiro atoms. The maximum atomic E-state index is 12.6. The lowest BCUT2D eigenvalue weighted by atomic mass is 9.91. The summed E-state index contributed by atoms with van der Waals surface area (Å²) >= 11 is 1.37. The number of methoxy groups -OCH3 is 1. The zero-order valence-electron chi connectivity index (χ0n) is 15.0. The highest BCUT2D eigenvalue weighted by Crippen LogP contribution is 2.23. The van der Waals surface area contributed by atoms with E-state index >= 15 is 0 Å². The number of halogens is 1. The van der Waals surface area contributed by atoms with Gasteiger partial charge in [-0.3, -0.25) is 9.59 Å². The Kier molecular flexibility index (Phi) is 10.7. The van der Waals surface area contributed by atoms with Crippen LogP contribution < -0.4 is 16.4 Å². The first-order valence-corrected chi connectivity index (χ1v) is 9.62. The average molecular weight is 402 g/mol. The lowest BCUT2D eigenvalue weighted by molar-refractivity contribution is -0.118. The van der Waals surface area contributed by atoms with Crippen molar-refractivity contribution in [3.05, 3.63) is 29.8 Å². The van der Waals surface area contributed by atoms with Crippen LogP contribution in [0.4, 0.5) is 0 Å². The standard InChI is InChI=1S/C18H27N3O3S.ClH/c1-24-11-10-20-17(22)12-25-16-5-3-2-4-15(16)18(23)21-14-8-6-13(19)7-9-14;/h2-5,13-14H,6-12,19H2,1H3,(H,20,22)(H,21,23);1H. The number of ether oxygens (including phenoxy) is 1. The highest BCUT2D eigenvalue weighted by atomic mass is 35.5. The number of amides is 2. The molecule has 0 aromatic heterocycles. The van der Waals surface area contributed by atoms with Crippen LogP contribution in [-0.4, -0.2) is 49.9 Å². The lowest BCUT2D eigenvalue weighted by Gasteiger charge is -2.27. The second-order valence-electron chi connectivity index (χ2n) is 6.21. The Morgan fingerprint density at radius 1 is 1.23 bits per heavy atom. The molecule has 0 aliphatic heterocycles. The van der Waals surface area contributed by atoms with E-state index in [9.17, 15) is 9.59 Å². The highest BCUT2D eigenvalue weighted by Gasteiger charge is 2.21. The van der Waals surface area contributed by atoms with E-state index in [1.807, 2.05) is 18.2 Å². The summed E-state index contributed by atoms with van der Waals surface area (Å²) in [6.07, 6.45) is 3.74. The molecular weight excluding hydrogens is 374 g/mol. The maximum absolute atomic E-state index is 12.6. The molecule has 4 N–H and O–H groups in total. The van der Waals surface area contributed by atoms with Crippen LogP contribution in [0.3, 0.4) is 0 Å². The minimum atomic E-state index is -0.0802. The molecule has 0 heterocycles. The number of hydrogen-bond donors (Lipinski definition) is 3. The minimum Gasteiger partial charge on any atom is -0.383 e. The minimum absolute atomic E-state index is 0. The van der Waals surface area contributed by atoms with Crippen molar-refractivity contribution in [2.24, 2.45) is 5.73 Å². The summed E-state index contributed by atoms with van der Waals surface area (Å²) in [5.41, 5.74) is 6.53. The third-order valence-corrected chi connectivity index (χ3v) is 5.30. The molecular formula is C18H28ClN3O3S. The summed E-state index contributed by atoms with van der Waals surface area (Å²) in [5, 5.41) is 5.88. The van der Waals surface area contributed by atoms with Crippen molar-refractivity contribution in [1.29, 1.82) is 0 Å². The summed E-state index contributed by atoms with van der Waals surface area (Å²) in [6, 6.07) is 7.83. The number of rotatable bonds is 8.